The molecule has 21 heavy (non-hydrogen) atoms. The molecule has 0 aliphatic rings. The minimum Gasteiger partial charge on any atom is -0.444 e. The zero-order valence-electron chi connectivity index (χ0n) is 15.4. The minimum atomic E-state index is -0.466. The van der Waals surface area contributed by atoms with Crippen molar-refractivity contribution >= 4 is 6.09 Å². The molecule has 0 bridgehead atoms. The fraction of sp³-hybridized carbons (Fsp3) is 0.938. The van der Waals surface area contributed by atoms with E-state index in [0.717, 1.165) is 13.1 Å². The normalized spacial score (nSPS) is 14.2. The van der Waals surface area contributed by atoms with Crippen molar-refractivity contribution in [3.05, 3.63) is 0 Å². The van der Waals surface area contributed by atoms with E-state index < -0.39 is 5.60 Å². The number of hydrogen-bond donors (Lipinski definition) is 1. The van der Waals surface area contributed by atoms with Gasteiger partial charge >= 0.3 is 6.09 Å². The highest BCUT2D eigenvalue weighted by molar-refractivity contribution is 5.69. The van der Waals surface area contributed by atoms with Gasteiger partial charge < -0.3 is 19.9 Å². The summed E-state index contributed by atoms with van der Waals surface area (Å²) in [6, 6.07) is 0.389. The molecule has 0 aromatic carbocycles. The SMILES string of the molecule is CC(CN(C)C)NCCN(C(=O)OC(C)(C)C)C(C)(C)C. The molecule has 5 nitrogen and oxygen atoms in total. The maximum Gasteiger partial charge on any atom is 0.410 e. The van der Waals surface area contributed by atoms with E-state index >= 15 is 0 Å². The summed E-state index contributed by atoms with van der Waals surface area (Å²) in [4.78, 5) is 16.3. The van der Waals surface area contributed by atoms with Gasteiger partial charge in [-0.3, -0.25) is 0 Å². The molecule has 0 aromatic rings. The molecule has 0 spiro atoms. The fourth-order valence-corrected chi connectivity index (χ4v) is 2.05. The van der Waals surface area contributed by atoms with Gasteiger partial charge in [0, 0.05) is 31.2 Å². The van der Waals surface area contributed by atoms with Gasteiger partial charge in [0.25, 0.3) is 0 Å². The first-order valence-electron chi connectivity index (χ1n) is 7.71. The van der Waals surface area contributed by atoms with E-state index in [1.165, 1.54) is 0 Å². The minimum absolute atomic E-state index is 0.253. The highest BCUT2D eigenvalue weighted by Crippen LogP contribution is 2.17. The first-order valence-corrected chi connectivity index (χ1v) is 7.71. The van der Waals surface area contributed by atoms with Crippen LogP contribution in [0.3, 0.4) is 0 Å². The van der Waals surface area contributed by atoms with Gasteiger partial charge in [0.15, 0.2) is 0 Å². The van der Waals surface area contributed by atoms with E-state index in [0.29, 0.717) is 12.6 Å². The van der Waals surface area contributed by atoms with Crippen LogP contribution >= 0.6 is 0 Å². The molecule has 0 aliphatic heterocycles. The predicted molar refractivity (Wildman–Crippen MR) is 88.7 cm³/mol. The number of amides is 1. The first-order chi connectivity index (χ1) is 9.33. The summed E-state index contributed by atoms with van der Waals surface area (Å²) in [7, 11) is 4.11. The van der Waals surface area contributed by atoms with E-state index in [-0.39, 0.29) is 11.6 Å². The molecule has 1 amide bonds. The summed E-state index contributed by atoms with van der Waals surface area (Å²) in [6.07, 6.45) is -0.253. The lowest BCUT2D eigenvalue weighted by atomic mass is 10.1. The second-order valence-corrected chi connectivity index (χ2v) is 7.92. The second kappa shape index (κ2) is 7.99. The fourth-order valence-electron chi connectivity index (χ4n) is 2.05. The Kier molecular flexibility index (Phi) is 7.68. The van der Waals surface area contributed by atoms with Crippen molar-refractivity contribution in [3.63, 3.8) is 0 Å². The van der Waals surface area contributed by atoms with Gasteiger partial charge in [-0.25, -0.2) is 4.79 Å². The molecule has 0 aliphatic carbocycles. The van der Waals surface area contributed by atoms with Crippen molar-refractivity contribution in [1.29, 1.82) is 0 Å². The van der Waals surface area contributed by atoms with Crippen molar-refractivity contribution in [3.8, 4) is 0 Å². The van der Waals surface area contributed by atoms with Crippen molar-refractivity contribution in [1.82, 2.24) is 15.1 Å². The van der Waals surface area contributed by atoms with Gasteiger partial charge in [-0.15, -0.1) is 0 Å². The van der Waals surface area contributed by atoms with E-state index in [1.54, 1.807) is 4.90 Å². The molecule has 0 saturated carbocycles. The van der Waals surface area contributed by atoms with Crippen LogP contribution in [0, 0.1) is 0 Å². The zero-order valence-corrected chi connectivity index (χ0v) is 15.4. The van der Waals surface area contributed by atoms with Crippen LogP contribution in [-0.2, 0) is 4.74 Å². The third kappa shape index (κ3) is 9.69. The molecule has 1 atom stereocenters. The van der Waals surface area contributed by atoms with Crippen LogP contribution in [0.25, 0.3) is 0 Å². The monoisotopic (exact) mass is 301 g/mol. The molecule has 0 aromatic heterocycles. The number of carbonyl (C=O) groups is 1. The number of nitrogens with one attached hydrogen (secondary N) is 1. The predicted octanol–water partition coefficient (Wildman–Crippen LogP) is 2.56. The van der Waals surface area contributed by atoms with Crippen LogP contribution in [0.1, 0.15) is 48.5 Å². The van der Waals surface area contributed by atoms with Crippen LogP contribution in [-0.4, -0.2) is 66.8 Å². The molecule has 0 rings (SSSR count). The van der Waals surface area contributed by atoms with E-state index in [2.05, 4.69) is 31.2 Å². The standard InChI is InChI=1S/C16H35N3O2/c1-13(12-18(8)9)17-10-11-19(15(2,3)4)14(20)21-16(5,6)7/h13,17H,10-12H2,1-9H3. The summed E-state index contributed by atoms with van der Waals surface area (Å²) in [5.41, 5.74) is -0.721. The Morgan fingerprint density at radius 3 is 2.05 bits per heavy atom. The lowest BCUT2D eigenvalue weighted by molar-refractivity contribution is 0.00645. The van der Waals surface area contributed by atoms with E-state index in [4.69, 9.17) is 4.74 Å². The lowest BCUT2D eigenvalue weighted by Crippen LogP contribution is -2.51. The molecule has 1 N–H and O–H groups in total. The number of rotatable bonds is 6. The van der Waals surface area contributed by atoms with Crippen LogP contribution in [0.2, 0.25) is 0 Å². The van der Waals surface area contributed by atoms with Gasteiger partial charge in [-0.2, -0.15) is 0 Å². The number of carbonyl (C=O) groups excluding carboxylic acids is 1. The van der Waals surface area contributed by atoms with Gasteiger partial charge in [0.1, 0.15) is 5.60 Å². The largest absolute Gasteiger partial charge is 0.444 e. The van der Waals surface area contributed by atoms with Crippen molar-refractivity contribution < 1.29 is 9.53 Å². The molecule has 1 unspecified atom stereocenters. The smallest absolute Gasteiger partial charge is 0.410 e. The Hall–Kier alpha value is -0.810. The Morgan fingerprint density at radius 1 is 1.14 bits per heavy atom. The molecule has 5 heteroatoms. The number of ether oxygens (including phenoxy) is 1. The van der Waals surface area contributed by atoms with E-state index in [1.807, 2.05) is 41.5 Å². The van der Waals surface area contributed by atoms with Crippen LogP contribution in [0.15, 0.2) is 0 Å². The van der Waals surface area contributed by atoms with Gasteiger partial charge in [-0.1, -0.05) is 0 Å². The Balaban J connectivity index is 4.50. The summed E-state index contributed by atoms with van der Waals surface area (Å²) < 4.78 is 5.50. The molecule has 0 heterocycles. The summed E-state index contributed by atoms with van der Waals surface area (Å²) in [5, 5.41) is 3.44. The number of nitrogens with zero attached hydrogens (tertiary/aromatic N) is 2. The number of likely N-dealkylation sites (N-methyl/N-ethyl adjacent to an activating group) is 1. The van der Waals surface area contributed by atoms with Gasteiger partial charge in [-0.05, 0) is 62.6 Å². The molecule has 0 fully saturated rings. The first kappa shape index (κ1) is 20.2. The second-order valence-electron chi connectivity index (χ2n) is 7.92. The summed E-state index contributed by atoms with van der Waals surface area (Å²) >= 11 is 0. The molecule has 0 radical (unpaired) electrons. The highest BCUT2D eigenvalue weighted by atomic mass is 16.6. The Labute approximate surface area is 131 Å². The van der Waals surface area contributed by atoms with Crippen LogP contribution in [0.5, 0.6) is 0 Å². The van der Waals surface area contributed by atoms with Crippen LogP contribution < -0.4 is 5.32 Å². The summed E-state index contributed by atoms with van der Waals surface area (Å²) in [5.74, 6) is 0. The Morgan fingerprint density at radius 2 is 1.67 bits per heavy atom. The van der Waals surface area contributed by atoms with Gasteiger partial charge in [0.2, 0.25) is 0 Å². The average molecular weight is 301 g/mol. The van der Waals surface area contributed by atoms with Crippen molar-refractivity contribution in [2.45, 2.75) is 65.6 Å². The van der Waals surface area contributed by atoms with Gasteiger partial charge in [0.05, 0.1) is 0 Å². The van der Waals surface area contributed by atoms with Crippen LogP contribution in [0.4, 0.5) is 4.79 Å². The third-order valence-corrected chi connectivity index (χ3v) is 2.89. The molecule has 0 saturated heterocycles. The third-order valence-electron chi connectivity index (χ3n) is 2.89. The topological polar surface area (TPSA) is 44.8 Å². The number of hydrogen-bond acceptors (Lipinski definition) is 4. The average Bonchev–Trinajstić information content (AvgIpc) is 2.18. The highest BCUT2D eigenvalue weighted by Gasteiger charge is 2.30. The maximum atomic E-state index is 12.3. The summed E-state index contributed by atoms with van der Waals surface area (Å²) in [6.45, 7) is 16.3. The molecular weight excluding hydrogens is 266 g/mol. The molecular formula is C16H35N3O2. The van der Waals surface area contributed by atoms with E-state index in [9.17, 15) is 4.79 Å². The zero-order chi connectivity index (χ0) is 16.8. The van der Waals surface area contributed by atoms with Crippen molar-refractivity contribution in [2.75, 3.05) is 33.7 Å². The quantitative estimate of drug-likeness (QED) is 0.819. The lowest BCUT2D eigenvalue weighted by Gasteiger charge is -2.37. The Bertz CT molecular complexity index is 316. The van der Waals surface area contributed by atoms with Crippen molar-refractivity contribution in [2.24, 2.45) is 0 Å². The molecule has 126 valence electrons. The maximum absolute atomic E-state index is 12.3.